The summed E-state index contributed by atoms with van der Waals surface area (Å²) in [5.41, 5.74) is 0. The van der Waals surface area contributed by atoms with Crippen molar-refractivity contribution in [3.8, 4) is 11.5 Å². The van der Waals surface area contributed by atoms with Gasteiger partial charge in [0.15, 0.2) is 11.5 Å². The van der Waals surface area contributed by atoms with Crippen molar-refractivity contribution in [2.45, 2.75) is 0 Å². The number of rotatable bonds is 1. The summed E-state index contributed by atoms with van der Waals surface area (Å²) >= 11 is 5.35. The van der Waals surface area contributed by atoms with Crippen LogP contribution in [0.1, 0.15) is 0 Å². The number of phenols is 1. The summed E-state index contributed by atoms with van der Waals surface area (Å²) in [6.07, 6.45) is 0. The van der Waals surface area contributed by atoms with Crippen molar-refractivity contribution in [2.75, 3.05) is 7.11 Å². The molecular weight excluding hydrogens is 171 g/mol. The second kappa shape index (κ2) is 2.96. The van der Waals surface area contributed by atoms with E-state index < -0.39 is 5.82 Å². The molecule has 0 bridgehead atoms. The summed E-state index contributed by atoms with van der Waals surface area (Å²) in [4.78, 5) is 0. The number of halogens is 2. The van der Waals surface area contributed by atoms with Crippen molar-refractivity contribution in [3.05, 3.63) is 23.0 Å². The van der Waals surface area contributed by atoms with E-state index in [1.165, 1.54) is 7.11 Å². The van der Waals surface area contributed by atoms with Crippen LogP contribution < -0.4 is 4.74 Å². The number of ether oxygens (including phenoxy) is 1. The van der Waals surface area contributed by atoms with Gasteiger partial charge >= 0.3 is 0 Å². The summed E-state index contributed by atoms with van der Waals surface area (Å²) in [6.45, 7) is 0. The van der Waals surface area contributed by atoms with E-state index >= 15 is 0 Å². The second-order valence-electron chi connectivity index (χ2n) is 1.94. The Kier molecular flexibility index (Phi) is 2.19. The first-order chi connectivity index (χ1) is 5.15. The minimum Gasteiger partial charge on any atom is -0.504 e. The molecular formula is C7H6ClFO2. The first-order valence-electron chi connectivity index (χ1n) is 2.87. The van der Waals surface area contributed by atoms with E-state index in [4.69, 9.17) is 16.7 Å². The van der Waals surface area contributed by atoms with Crippen LogP contribution in [-0.4, -0.2) is 12.2 Å². The third kappa shape index (κ3) is 1.54. The van der Waals surface area contributed by atoms with Crippen LogP contribution in [0.4, 0.5) is 4.39 Å². The molecule has 11 heavy (non-hydrogen) atoms. The van der Waals surface area contributed by atoms with Crippen molar-refractivity contribution in [2.24, 2.45) is 0 Å². The zero-order valence-corrected chi connectivity index (χ0v) is 6.52. The van der Waals surface area contributed by atoms with Gasteiger partial charge in [0.2, 0.25) is 0 Å². The molecule has 2 nitrogen and oxygen atoms in total. The zero-order valence-electron chi connectivity index (χ0n) is 5.77. The highest BCUT2D eigenvalue weighted by molar-refractivity contribution is 6.30. The highest BCUT2D eigenvalue weighted by Gasteiger charge is 2.06. The quantitative estimate of drug-likeness (QED) is 0.711. The van der Waals surface area contributed by atoms with Gasteiger partial charge in [-0.3, -0.25) is 0 Å². The predicted molar refractivity (Wildman–Crippen MR) is 39.6 cm³/mol. The molecule has 0 unspecified atom stereocenters. The zero-order chi connectivity index (χ0) is 8.43. The van der Waals surface area contributed by atoms with E-state index in [2.05, 4.69) is 4.74 Å². The van der Waals surface area contributed by atoms with E-state index in [0.717, 1.165) is 12.1 Å². The Hall–Kier alpha value is -0.960. The third-order valence-electron chi connectivity index (χ3n) is 1.22. The van der Waals surface area contributed by atoms with Crippen LogP contribution in [0.3, 0.4) is 0 Å². The van der Waals surface area contributed by atoms with Crippen LogP contribution in [0.25, 0.3) is 0 Å². The summed E-state index contributed by atoms with van der Waals surface area (Å²) in [7, 11) is 1.34. The van der Waals surface area contributed by atoms with Crippen molar-refractivity contribution in [1.29, 1.82) is 0 Å². The fraction of sp³-hybridized carbons (Fsp3) is 0.143. The summed E-state index contributed by atoms with van der Waals surface area (Å²) in [5.74, 6) is -0.702. The molecule has 0 atom stereocenters. The second-order valence-corrected chi connectivity index (χ2v) is 2.35. The highest BCUT2D eigenvalue weighted by atomic mass is 35.5. The van der Waals surface area contributed by atoms with Crippen LogP contribution in [0, 0.1) is 5.82 Å². The highest BCUT2D eigenvalue weighted by Crippen LogP contribution is 2.30. The lowest BCUT2D eigenvalue weighted by atomic mass is 10.3. The van der Waals surface area contributed by atoms with E-state index in [0.29, 0.717) is 0 Å². The van der Waals surface area contributed by atoms with Crippen LogP contribution in [0.15, 0.2) is 12.1 Å². The normalized spacial score (nSPS) is 9.73. The van der Waals surface area contributed by atoms with Gasteiger partial charge in [0.25, 0.3) is 0 Å². The molecule has 0 fully saturated rings. The van der Waals surface area contributed by atoms with E-state index in [1.54, 1.807) is 0 Å². The fourth-order valence-electron chi connectivity index (χ4n) is 0.682. The monoisotopic (exact) mass is 176 g/mol. The maximum Gasteiger partial charge on any atom is 0.163 e. The summed E-state index contributed by atoms with van der Waals surface area (Å²) in [5, 5.41) is 8.92. The lowest BCUT2D eigenvalue weighted by Gasteiger charge is -2.02. The minimum absolute atomic E-state index is 0.0758. The van der Waals surface area contributed by atoms with E-state index in [-0.39, 0.29) is 16.5 Å². The van der Waals surface area contributed by atoms with Crippen molar-refractivity contribution >= 4 is 11.6 Å². The molecule has 0 aromatic heterocycles. The van der Waals surface area contributed by atoms with Crippen LogP contribution in [0.5, 0.6) is 11.5 Å². The molecule has 0 saturated carbocycles. The number of methoxy groups -OCH3 is 1. The molecule has 1 rings (SSSR count). The van der Waals surface area contributed by atoms with Gasteiger partial charge in [-0.25, -0.2) is 4.39 Å². The SMILES string of the molecule is COc1cc(F)c(Cl)cc1O. The van der Waals surface area contributed by atoms with Crippen molar-refractivity contribution < 1.29 is 14.2 Å². The standard InChI is InChI=1S/C7H6ClFO2/c1-11-7-3-5(9)4(8)2-6(7)10/h2-3,10H,1H3. The Morgan fingerprint density at radius 1 is 1.55 bits per heavy atom. The average Bonchev–Trinajstić information content (AvgIpc) is 1.97. The number of benzene rings is 1. The molecule has 0 radical (unpaired) electrons. The Labute approximate surface area is 68.2 Å². The molecule has 0 saturated heterocycles. The van der Waals surface area contributed by atoms with Crippen molar-refractivity contribution in [3.63, 3.8) is 0 Å². The summed E-state index contributed by atoms with van der Waals surface area (Å²) < 4.78 is 17.3. The van der Waals surface area contributed by atoms with Crippen LogP contribution in [0.2, 0.25) is 5.02 Å². The molecule has 0 spiro atoms. The average molecular weight is 177 g/mol. The minimum atomic E-state index is -0.610. The molecule has 0 aliphatic heterocycles. The molecule has 1 aromatic rings. The van der Waals surface area contributed by atoms with Gasteiger partial charge in [-0.05, 0) is 0 Å². The molecule has 0 aliphatic rings. The van der Waals surface area contributed by atoms with Gasteiger partial charge in [-0.1, -0.05) is 11.6 Å². The molecule has 0 aliphatic carbocycles. The lowest BCUT2D eigenvalue weighted by molar-refractivity contribution is 0.370. The Balaban J connectivity index is 3.21. The molecule has 0 heterocycles. The van der Waals surface area contributed by atoms with Gasteiger partial charge in [0, 0.05) is 12.1 Å². The maximum atomic E-state index is 12.6. The number of phenolic OH excluding ortho intramolecular Hbond substituents is 1. The third-order valence-corrected chi connectivity index (χ3v) is 1.51. The molecule has 0 amide bonds. The van der Waals surface area contributed by atoms with Gasteiger partial charge < -0.3 is 9.84 Å². The lowest BCUT2D eigenvalue weighted by Crippen LogP contribution is -1.85. The van der Waals surface area contributed by atoms with Gasteiger partial charge in [-0.2, -0.15) is 0 Å². The van der Waals surface area contributed by atoms with Gasteiger partial charge in [-0.15, -0.1) is 0 Å². The Morgan fingerprint density at radius 2 is 2.18 bits per heavy atom. The smallest absolute Gasteiger partial charge is 0.163 e. The van der Waals surface area contributed by atoms with Crippen LogP contribution >= 0.6 is 11.6 Å². The van der Waals surface area contributed by atoms with Gasteiger partial charge in [0.1, 0.15) is 5.82 Å². The van der Waals surface area contributed by atoms with Crippen molar-refractivity contribution in [1.82, 2.24) is 0 Å². The molecule has 4 heteroatoms. The molecule has 1 N–H and O–H groups in total. The maximum absolute atomic E-state index is 12.6. The first-order valence-corrected chi connectivity index (χ1v) is 3.25. The van der Waals surface area contributed by atoms with E-state index in [9.17, 15) is 4.39 Å². The molecule has 1 aromatic carbocycles. The molecule has 60 valence electrons. The summed E-state index contributed by atoms with van der Waals surface area (Å²) in [6, 6.07) is 2.12. The largest absolute Gasteiger partial charge is 0.504 e. The van der Waals surface area contributed by atoms with E-state index in [1.807, 2.05) is 0 Å². The Bertz CT molecular complexity index is 275. The fourth-order valence-corrected chi connectivity index (χ4v) is 0.839. The van der Waals surface area contributed by atoms with Gasteiger partial charge in [0.05, 0.1) is 12.1 Å². The predicted octanol–water partition coefficient (Wildman–Crippen LogP) is 2.19. The first kappa shape index (κ1) is 8.14. The number of hydrogen-bond donors (Lipinski definition) is 1. The number of aromatic hydroxyl groups is 1. The Morgan fingerprint density at radius 3 is 2.73 bits per heavy atom. The number of hydrogen-bond acceptors (Lipinski definition) is 2. The van der Waals surface area contributed by atoms with Crippen LogP contribution in [-0.2, 0) is 0 Å². The topological polar surface area (TPSA) is 29.5 Å².